The Kier molecular flexibility index (Phi) is 6.35. The normalized spacial score (nSPS) is 11.4. The molecule has 0 aromatic heterocycles. The molecule has 112 valence electrons. The van der Waals surface area contributed by atoms with E-state index in [1.165, 1.54) is 13.2 Å². The molecule has 0 aliphatic heterocycles. The van der Waals surface area contributed by atoms with E-state index < -0.39 is 17.7 Å². The fourth-order valence-electron chi connectivity index (χ4n) is 1.50. The van der Waals surface area contributed by atoms with Gasteiger partial charge in [-0.1, -0.05) is 13.0 Å². The molecule has 0 heterocycles. The summed E-state index contributed by atoms with van der Waals surface area (Å²) in [5.74, 6) is -0.702. The zero-order valence-corrected chi connectivity index (χ0v) is 12.0. The predicted molar refractivity (Wildman–Crippen MR) is 71.6 cm³/mol. The van der Waals surface area contributed by atoms with Gasteiger partial charge in [0.15, 0.2) is 0 Å². The number of carbonyl (C=O) groups excluding carboxylic acids is 1. The lowest BCUT2D eigenvalue weighted by Crippen LogP contribution is -2.14. The Bertz CT molecular complexity index is 463. The molecule has 0 fully saturated rings. The van der Waals surface area contributed by atoms with E-state index >= 15 is 0 Å². The average Bonchev–Trinajstić information content (AvgIpc) is 2.41. The van der Waals surface area contributed by atoms with Gasteiger partial charge in [0.1, 0.15) is 0 Å². The van der Waals surface area contributed by atoms with Crippen LogP contribution in [-0.2, 0) is 22.3 Å². The van der Waals surface area contributed by atoms with Gasteiger partial charge in [0.05, 0.1) is 18.4 Å². The number of alkyl halides is 3. The van der Waals surface area contributed by atoms with Crippen LogP contribution in [0.1, 0.15) is 18.1 Å². The third-order valence-electron chi connectivity index (χ3n) is 2.50. The molecule has 1 rings (SSSR count). The van der Waals surface area contributed by atoms with E-state index in [4.69, 9.17) is 0 Å². The number of hydrogen-bond donors (Lipinski definition) is 1. The van der Waals surface area contributed by atoms with E-state index in [0.717, 1.165) is 17.8 Å². The number of hydrogen-bond acceptors (Lipinski definition) is 4. The lowest BCUT2D eigenvalue weighted by Gasteiger charge is -2.14. The van der Waals surface area contributed by atoms with E-state index in [-0.39, 0.29) is 10.6 Å². The predicted octanol–water partition coefficient (Wildman–Crippen LogP) is 3.08. The van der Waals surface area contributed by atoms with Crippen LogP contribution in [0.25, 0.3) is 0 Å². The van der Waals surface area contributed by atoms with Crippen molar-refractivity contribution in [2.45, 2.75) is 24.5 Å². The zero-order chi connectivity index (χ0) is 15.2. The summed E-state index contributed by atoms with van der Waals surface area (Å²) in [4.78, 5) is 11.1. The summed E-state index contributed by atoms with van der Waals surface area (Å²) in [6.07, 6.45) is -4.44. The molecule has 0 aliphatic carbocycles. The van der Waals surface area contributed by atoms with Crippen LogP contribution in [0.3, 0.4) is 0 Å². The summed E-state index contributed by atoms with van der Waals surface area (Å²) in [5.41, 5.74) is -0.164. The van der Waals surface area contributed by atoms with Crippen molar-refractivity contribution in [2.75, 3.05) is 19.4 Å². The summed E-state index contributed by atoms with van der Waals surface area (Å²) in [6, 6.07) is 4.13. The lowest BCUT2D eigenvalue weighted by molar-refractivity contribution is -0.140. The number of rotatable bonds is 6. The largest absolute Gasteiger partial charge is 0.468 e. The number of nitrogens with one attached hydrogen (secondary N) is 1. The highest BCUT2D eigenvalue weighted by atomic mass is 32.2. The summed E-state index contributed by atoms with van der Waals surface area (Å²) >= 11 is 0.824. The Morgan fingerprint density at radius 2 is 2.10 bits per heavy atom. The SMILES string of the molecule is CCNCc1ccc(SCC(=O)OC)c(C(F)(F)F)c1. The first-order valence-electron chi connectivity index (χ1n) is 5.99. The number of methoxy groups -OCH3 is 1. The van der Waals surface area contributed by atoms with E-state index in [0.29, 0.717) is 18.7 Å². The van der Waals surface area contributed by atoms with Crippen LogP contribution in [0.5, 0.6) is 0 Å². The molecule has 0 atom stereocenters. The minimum Gasteiger partial charge on any atom is -0.468 e. The number of esters is 1. The van der Waals surface area contributed by atoms with Crippen molar-refractivity contribution in [1.29, 1.82) is 0 Å². The van der Waals surface area contributed by atoms with Crippen molar-refractivity contribution in [3.8, 4) is 0 Å². The second-order valence-corrected chi connectivity index (χ2v) is 4.99. The first-order chi connectivity index (χ1) is 9.38. The molecule has 0 unspecified atom stereocenters. The molecule has 20 heavy (non-hydrogen) atoms. The van der Waals surface area contributed by atoms with Gasteiger partial charge < -0.3 is 10.1 Å². The van der Waals surface area contributed by atoms with Crippen LogP contribution in [0.4, 0.5) is 13.2 Å². The second-order valence-electron chi connectivity index (χ2n) is 3.97. The highest BCUT2D eigenvalue weighted by molar-refractivity contribution is 8.00. The number of halogens is 3. The van der Waals surface area contributed by atoms with Crippen LogP contribution >= 0.6 is 11.8 Å². The minimum atomic E-state index is -4.44. The van der Waals surface area contributed by atoms with Crippen LogP contribution < -0.4 is 5.32 Å². The highest BCUT2D eigenvalue weighted by Gasteiger charge is 2.33. The molecule has 0 saturated heterocycles. The van der Waals surface area contributed by atoms with E-state index in [1.807, 2.05) is 6.92 Å². The van der Waals surface area contributed by atoms with Crippen molar-refractivity contribution in [3.63, 3.8) is 0 Å². The first-order valence-corrected chi connectivity index (χ1v) is 6.97. The molecule has 7 heteroatoms. The molecule has 3 nitrogen and oxygen atoms in total. The monoisotopic (exact) mass is 307 g/mol. The highest BCUT2D eigenvalue weighted by Crippen LogP contribution is 2.37. The Labute approximate surface area is 119 Å². The Balaban J connectivity index is 2.95. The van der Waals surface area contributed by atoms with Crippen LogP contribution in [-0.4, -0.2) is 25.4 Å². The fraction of sp³-hybridized carbons (Fsp3) is 0.462. The molecule has 0 amide bonds. The van der Waals surface area contributed by atoms with E-state index in [2.05, 4.69) is 10.1 Å². The van der Waals surface area contributed by atoms with Gasteiger partial charge in [-0.15, -0.1) is 11.8 Å². The molecule has 1 aromatic carbocycles. The van der Waals surface area contributed by atoms with Crippen molar-refractivity contribution in [2.24, 2.45) is 0 Å². The summed E-state index contributed by atoms with van der Waals surface area (Å²) < 4.78 is 43.4. The standard InChI is InChI=1S/C13H16F3NO2S/c1-3-17-7-9-4-5-11(20-8-12(18)19-2)10(6-9)13(14,15)16/h4-6,17H,3,7-8H2,1-2H3. The van der Waals surface area contributed by atoms with Gasteiger partial charge in [-0.25, -0.2) is 0 Å². The van der Waals surface area contributed by atoms with Crippen molar-refractivity contribution >= 4 is 17.7 Å². The van der Waals surface area contributed by atoms with Gasteiger partial charge in [-0.3, -0.25) is 4.79 Å². The maximum absolute atomic E-state index is 13.0. The smallest absolute Gasteiger partial charge is 0.417 e. The summed E-state index contributed by atoms with van der Waals surface area (Å²) in [7, 11) is 1.20. The maximum Gasteiger partial charge on any atom is 0.417 e. The lowest BCUT2D eigenvalue weighted by atomic mass is 10.1. The van der Waals surface area contributed by atoms with Gasteiger partial charge >= 0.3 is 12.1 Å². The average molecular weight is 307 g/mol. The Hall–Kier alpha value is -1.21. The molecule has 0 aliphatic rings. The van der Waals surface area contributed by atoms with Gasteiger partial charge in [0.2, 0.25) is 0 Å². The summed E-state index contributed by atoms with van der Waals surface area (Å²) in [5, 5.41) is 2.97. The third-order valence-corrected chi connectivity index (χ3v) is 3.55. The van der Waals surface area contributed by atoms with Crippen molar-refractivity contribution in [1.82, 2.24) is 5.32 Å². The molecule has 0 radical (unpaired) electrons. The first kappa shape index (κ1) is 16.8. The molecule has 1 N–H and O–H groups in total. The quantitative estimate of drug-likeness (QED) is 0.647. The van der Waals surface area contributed by atoms with Gasteiger partial charge in [-0.05, 0) is 24.2 Å². The minimum absolute atomic E-state index is 0.0307. The second kappa shape index (κ2) is 7.54. The summed E-state index contributed by atoms with van der Waals surface area (Å²) in [6.45, 7) is 2.94. The van der Waals surface area contributed by atoms with Crippen LogP contribution in [0, 0.1) is 0 Å². The number of carbonyl (C=O) groups is 1. The van der Waals surface area contributed by atoms with E-state index in [9.17, 15) is 18.0 Å². The molecule has 1 aromatic rings. The Morgan fingerprint density at radius 1 is 1.40 bits per heavy atom. The molecular formula is C13H16F3NO2S. The van der Waals surface area contributed by atoms with Crippen LogP contribution in [0.2, 0.25) is 0 Å². The molecular weight excluding hydrogens is 291 g/mol. The van der Waals surface area contributed by atoms with Gasteiger partial charge in [0.25, 0.3) is 0 Å². The topological polar surface area (TPSA) is 38.3 Å². The zero-order valence-electron chi connectivity index (χ0n) is 11.2. The molecule has 0 saturated carbocycles. The van der Waals surface area contributed by atoms with Crippen molar-refractivity contribution < 1.29 is 22.7 Å². The molecule has 0 spiro atoms. The van der Waals surface area contributed by atoms with Crippen molar-refractivity contribution in [3.05, 3.63) is 29.3 Å². The van der Waals surface area contributed by atoms with Crippen LogP contribution in [0.15, 0.2) is 23.1 Å². The fourth-order valence-corrected chi connectivity index (χ4v) is 2.39. The van der Waals surface area contributed by atoms with Gasteiger partial charge in [0, 0.05) is 11.4 Å². The number of benzene rings is 1. The third kappa shape index (κ3) is 5.05. The number of thioether (sulfide) groups is 1. The maximum atomic E-state index is 13.0. The molecule has 0 bridgehead atoms. The van der Waals surface area contributed by atoms with Gasteiger partial charge in [-0.2, -0.15) is 13.2 Å². The van der Waals surface area contributed by atoms with E-state index in [1.54, 1.807) is 6.07 Å². The number of ether oxygens (including phenoxy) is 1. The Morgan fingerprint density at radius 3 is 2.65 bits per heavy atom.